The monoisotopic (exact) mass is 522 g/mol. The largest absolute Gasteiger partial charge is 0.489 e. The number of nitrogens with zero attached hydrogens (tertiary/aromatic N) is 2. The van der Waals surface area contributed by atoms with Gasteiger partial charge in [0.15, 0.2) is 5.96 Å². The molecule has 0 radical (unpaired) electrons. The number of hydrogen-bond donors (Lipinski definition) is 2. The van der Waals surface area contributed by atoms with Gasteiger partial charge in [0.2, 0.25) is 0 Å². The number of rotatable bonds is 7. The molecule has 0 unspecified atom stereocenters. The van der Waals surface area contributed by atoms with Gasteiger partial charge in [0.25, 0.3) is 0 Å². The summed E-state index contributed by atoms with van der Waals surface area (Å²) in [5.41, 5.74) is 3.38. The van der Waals surface area contributed by atoms with Gasteiger partial charge in [-0.25, -0.2) is 4.98 Å². The summed E-state index contributed by atoms with van der Waals surface area (Å²) < 4.78 is 5.90. The van der Waals surface area contributed by atoms with Crippen LogP contribution in [0, 0.1) is 13.8 Å². The quantitative estimate of drug-likeness (QED) is 0.266. The third-order valence-corrected chi connectivity index (χ3v) is 5.38. The summed E-state index contributed by atoms with van der Waals surface area (Å²) in [6.45, 7) is 6.02. The number of aryl methyl sites for hydroxylation is 2. The normalized spacial score (nSPS) is 10.9. The number of guanidine groups is 1. The van der Waals surface area contributed by atoms with Gasteiger partial charge in [-0.05, 0) is 37.1 Å². The van der Waals surface area contributed by atoms with Gasteiger partial charge in [0.1, 0.15) is 17.4 Å². The zero-order valence-electron chi connectivity index (χ0n) is 16.9. The van der Waals surface area contributed by atoms with Gasteiger partial charge in [-0.2, -0.15) is 0 Å². The molecule has 154 valence electrons. The predicted molar refractivity (Wildman–Crippen MR) is 131 cm³/mol. The van der Waals surface area contributed by atoms with Crippen molar-refractivity contribution in [3.8, 4) is 5.75 Å². The lowest BCUT2D eigenvalue weighted by Gasteiger charge is -2.12. The molecular formula is C22H27IN4OS. The van der Waals surface area contributed by atoms with Crippen LogP contribution in [-0.2, 0) is 19.7 Å². The van der Waals surface area contributed by atoms with E-state index in [0.717, 1.165) is 33.5 Å². The summed E-state index contributed by atoms with van der Waals surface area (Å²) in [6.07, 6.45) is 0. The number of thiazole rings is 1. The van der Waals surface area contributed by atoms with E-state index < -0.39 is 0 Å². The fourth-order valence-corrected chi connectivity index (χ4v) is 3.54. The number of aromatic nitrogens is 1. The number of benzene rings is 2. The molecule has 0 bridgehead atoms. The van der Waals surface area contributed by atoms with Crippen molar-refractivity contribution in [1.82, 2.24) is 15.6 Å². The van der Waals surface area contributed by atoms with Crippen LogP contribution in [0.2, 0.25) is 0 Å². The summed E-state index contributed by atoms with van der Waals surface area (Å²) in [5.74, 6) is 1.61. The van der Waals surface area contributed by atoms with Crippen LogP contribution in [0.25, 0.3) is 0 Å². The molecule has 1 heterocycles. The van der Waals surface area contributed by atoms with Crippen LogP contribution in [-0.4, -0.2) is 18.0 Å². The zero-order chi connectivity index (χ0) is 19.8. The molecule has 5 nitrogen and oxygen atoms in total. The van der Waals surface area contributed by atoms with Crippen LogP contribution in [0.5, 0.6) is 5.75 Å². The average molecular weight is 522 g/mol. The van der Waals surface area contributed by atoms with E-state index >= 15 is 0 Å². The Morgan fingerprint density at radius 2 is 1.72 bits per heavy atom. The number of aliphatic imine (C=N–C) groups is 1. The number of hydrogen-bond acceptors (Lipinski definition) is 4. The van der Waals surface area contributed by atoms with Crippen LogP contribution in [0.3, 0.4) is 0 Å². The summed E-state index contributed by atoms with van der Waals surface area (Å²) in [4.78, 5) is 10.1. The molecule has 3 rings (SSSR count). The first-order valence-electron chi connectivity index (χ1n) is 9.27. The Kier molecular flexibility index (Phi) is 9.40. The fourth-order valence-electron chi connectivity index (χ4n) is 2.67. The first-order chi connectivity index (χ1) is 13.6. The molecule has 0 aliphatic rings. The minimum atomic E-state index is 0. The highest BCUT2D eigenvalue weighted by Gasteiger charge is 2.05. The predicted octanol–water partition coefficient (Wildman–Crippen LogP) is 4.82. The van der Waals surface area contributed by atoms with Crippen molar-refractivity contribution in [2.75, 3.05) is 7.05 Å². The van der Waals surface area contributed by atoms with E-state index in [-0.39, 0.29) is 24.0 Å². The van der Waals surface area contributed by atoms with Gasteiger partial charge in [0, 0.05) is 18.5 Å². The average Bonchev–Trinajstić information content (AvgIpc) is 3.05. The maximum Gasteiger partial charge on any atom is 0.191 e. The molecule has 0 atom stereocenters. The van der Waals surface area contributed by atoms with E-state index in [0.29, 0.717) is 19.7 Å². The Hall–Kier alpha value is -2.13. The second kappa shape index (κ2) is 11.8. The topological polar surface area (TPSA) is 58.5 Å². The maximum atomic E-state index is 5.90. The summed E-state index contributed by atoms with van der Waals surface area (Å²) in [7, 11) is 1.77. The van der Waals surface area contributed by atoms with Crippen molar-refractivity contribution in [2.45, 2.75) is 33.5 Å². The number of ether oxygens (including phenoxy) is 1. The third kappa shape index (κ3) is 7.32. The minimum Gasteiger partial charge on any atom is -0.489 e. The molecule has 0 fully saturated rings. The van der Waals surface area contributed by atoms with Crippen LogP contribution >= 0.6 is 35.3 Å². The Bertz CT molecular complexity index is 908. The molecule has 0 aliphatic carbocycles. The van der Waals surface area contributed by atoms with E-state index in [2.05, 4.69) is 51.8 Å². The Morgan fingerprint density at radius 3 is 2.41 bits per heavy atom. The van der Waals surface area contributed by atoms with Gasteiger partial charge < -0.3 is 15.4 Å². The van der Waals surface area contributed by atoms with E-state index in [9.17, 15) is 0 Å². The smallest absolute Gasteiger partial charge is 0.191 e. The number of nitrogens with one attached hydrogen (secondary N) is 2. The van der Waals surface area contributed by atoms with E-state index in [4.69, 9.17) is 4.74 Å². The SMILES string of the molecule is CN=C(NCc1cccc(OCc2ccccc2)c1)NCc1nc(C)c(C)s1.I. The van der Waals surface area contributed by atoms with Gasteiger partial charge in [-0.1, -0.05) is 42.5 Å². The van der Waals surface area contributed by atoms with Gasteiger partial charge in [-0.15, -0.1) is 35.3 Å². The molecule has 0 saturated carbocycles. The second-order valence-electron chi connectivity index (χ2n) is 6.45. The molecular weight excluding hydrogens is 495 g/mol. The highest BCUT2D eigenvalue weighted by Crippen LogP contribution is 2.16. The van der Waals surface area contributed by atoms with Crippen LogP contribution in [0.1, 0.15) is 26.7 Å². The molecule has 3 aromatic rings. The third-order valence-electron chi connectivity index (χ3n) is 4.31. The van der Waals surface area contributed by atoms with Crippen LogP contribution in [0.15, 0.2) is 59.6 Å². The van der Waals surface area contributed by atoms with Crippen molar-refractivity contribution < 1.29 is 4.74 Å². The zero-order valence-corrected chi connectivity index (χ0v) is 20.1. The van der Waals surface area contributed by atoms with Gasteiger partial charge in [0.05, 0.1) is 12.2 Å². The molecule has 0 saturated heterocycles. The lowest BCUT2D eigenvalue weighted by molar-refractivity contribution is 0.306. The van der Waals surface area contributed by atoms with Crippen molar-refractivity contribution in [1.29, 1.82) is 0 Å². The summed E-state index contributed by atoms with van der Waals surface area (Å²) >= 11 is 1.71. The van der Waals surface area contributed by atoms with E-state index in [1.165, 1.54) is 4.88 Å². The van der Waals surface area contributed by atoms with E-state index in [1.807, 2.05) is 37.3 Å². The Morgan fingerprint density at radius 1 is 1.00 bits per heavy atom. The molecule has 0 aliphatic heterocycles. The molecule has 2 aromatic carbocycles. The lowest BCUT2D eigenvalue weighted by Crippen LogP contribution is -2.36. The highest BCUT2D eigenvalue weighted by molar-refractivity contribution is 14.0. The molecule has 0 spiro atoms. The van der Waals surface area contributed by atoms with E-state index in [1.54, 1.807) is 18.4 Å². The molecule has 29 heavy (non-hydrogen) atoms. The lowest BCUT2D eigenvalue weighted by atomic mass is 10.2. The first kappa shape index (κ1) is 23.2. The second-order valence-corrected chi connectivity index (χ2v) is 7.74. The minimum absolute atomic E-state index is 0. The van der Waals surface area contributed by atoms with Crippen LogP contribution < -0.4 is 15.4 Å². The summed E-state index contributed by atoms with van der Waals surface area (Å²) in [5, 5.41) is 7.72. The first-order valence-corrected chi connectivity index (χ1v) is 10.1. The molecule has 1 aromatic heterocycles. The maximum absolute atomic E-state index is 5.90. The molecule has 0 amide bonds. The number of halogens is 1. The summed E-state index contributed by atoms with van der Waals surface area (Å²) in [6, 6.07) is 18.3. The van der Waals surface area contributed by atoms with Gasteiger partial charge >= 0.3 is 0 Å². The van der Waals surface area contributed by atoms with Crippen molar-refractivity contribution in [2.24, 2.45) is 4.99 Å². The van der Waals surface area contributed by atoms with Crippen LogP contribution in [0.4, 0.5) is 0 Å². The van der Waals surface area contributed by atoms with Gasteiger partial charge in [-0.3, -0.25) is 4.99 Å². The van der Waals surface area contributed by atoms with Crippen molar-refractivity contribution in [3.63, 3.8) is 0 Å². The molecule has 7 heteroatoms. The van der Waals surface area contributed by atoms with Crippen molar-refractivity contribution >= 4 is 41.3 Å². The Balaban J connectivity index is 0.00000300. The molecule has 2 N–H and O–H groups in total. The highest BCUT2D eigenvalue weighted by atomic mass is 127. The van der Waals surface area contributed by atoms with Crippen molar-refractivity contribution in [3.05, 3.63) is 81.3 Å². The fraction of sp³-hybridized carbons (Fsp3) is 0.273. The standard InChI is InChI=1S/C22H26N4OS.HI/c1-16-17(2)28-21(26-16)14-25-22(23-3)24-13-19-10-7-11-20(12-19)27-15-18-8-5-4-6-9-18;/h4-12H,13-15H2,1-3H3,(H2,23,24,25);1H. The Labute approximate surface area is 193 Å².